The van der Waals surface area contributed by atoms with Crippen LogP contribution in [0.1, 0.15) is 11.1 Å². The molecule has 0 unspecified atom stereocenters. The minimum Gasteiger partial charge on any atom is -0.506 e. The van der Waals surface area contributed by atoms with Gasteiger partial charge in [0, 0.05) is 18.6 Å². The van der Waals surface area contributed by atoms with Gasteiger partial charge in [-0.05, 0) is 31.0 Å². The average Bonchev–Trinajstić information content (AvgIpc) is 2.38. The van der Waals surface area contributed by atoms with Crippen LogP contribution >= 0.6 is 0 Å². The van der Waals surface area contributed by atoms with Crippen molar-refractivity contribution in [2.45, 2.75) is 13.8 Å². The summed E-state index contributed by atoms with van der Waals surface area (Å²) in [5.74, 6) is -0.145. The van der Waals surface area contributed by atoms with Gasteiger partial charge in [0.15, 0.2) is 0 Å². The lowest BCUT2D eigenvalue weighted by Gasteiger charge is -2.04. The number of halogens is 1. The SMILES string of the molecule is Cc1cc(F)c2c(c(O)cn2C)c1C. The molecule has 74 valence electrons. The van der Waals surface area contributed by atoms with Gasteiger partial charge in [0.05, 0.1) is 5.52 Å². The molecule has 2 nitrogen and oxygen atoms in total. The maximum Gasteiger partial charge on any atom is 0.147 e. The molecule has 0 aliphatic carbocycles. The van der Waals surface area contributed by atoms with Crippen LogP contribution in [0.15, 0.2) is 12.3 Å². The van der Waals surface area contributed by atoms with Crippen LogP contribution in [0.3, 0.4) is 0 Å². The van der Waals surface area contributed by atoms with Crippen LogP contribution in [0, 0.1) is 19.7 Å². The molecule has 0 spiro atoms. The fourth-order valence-corrected chi connectivity index (χ4v) is 1.83. The van der Waals surface area contributed by atoms with Crippen molar-refractivity contribution in [2.75, 3.05) is 0 Å². The van der Waals surface area contributed by atoms with Crippen molar-refractivity contribution in [3.8, 4) is 5.75 Å². The van der Waals surface area contributed by atoms with Crippen LogP contribution in [-0.2, 0) is 7.05 Å². The highest BCUT2D eigenvalue weighted by atomic mass is 19.1. The van der Waals surface area contributed by atoms with E-state index in [-0.39, 0.29) is 11.6 Å². The lowest BCUT2D eigenvalue weighted by Crippen LogP contribution is -1.91. The first kappa shape index (κ1) is 9.06. The van der Waals surface area contributed by atoms with Gasteiger partial charge in [-0.2, -0.15) is 0 Å². The molecule has 0 saturated carbocycles. The van der Waals surface area contributed by atoms with Gasteiger partial charge in [-0.15, -0.1) is 0 Å². The predicted octanol–water partition coefficient (Wildman–Crippen LogP) is 2.64. The molecule has 0 fully saturated rings. The van der Waals surface area contributed by atoms with E-state index in [9.17, 15) is 9.50 Å². The third kappa shape index (κ3) is 1.02. The van der Waals surface area contributed by atoms with E-state index >= 15 is 0 Å². The van der Waals surface area contributed by atoms with Gasteiger partial charge in [-0.3, -0.25) is 0 Å². The standard InChI is InChI=1S/C11H12FNO/c1-6-4-8(12)11-10(7(6)2)9(14)5-13(11)3/h4-5,14H,1-3H3. The quantitative estimate of drug-likeness (QED) is 0.683. The molecule has 14 heavy (non-hydrogen) atoms. The van der Waals surface area contributed by atoms with Crippen molar-refractivity contribution in [1.82, 2.24) is 4.57 Å². The molecule has 1 N–H and O–H groups in total. The van der Waals surface area contributed by atoms with Crippen molar-refractivity contribution in [3.63, 3.8) is 0 Å². The summed E-state index contributed by atoms with van der Waals surface area (Å²) in [6.45, 7) is 3.72. The van der Waals surface area contributed by atoms with E-state index in [4.69, 9.17) is 0 Å². The zero-order chi connectivity index (χ0) is 10.5. The first-order valence-corrected chi connectivity index (χ1v) is 4.46. The fraction of sp³-hybridized carbons (Fsp3) is 0.273. The second kappa shape index (κ2) is 2.74. The highest BCUT2D eigenvalue weighted by molar-refractivity contribution is 5.90. The summed E-state index contributed by atoms with van der Waals surface area (Å²) < 4.78 is 15.2. The number of aromatic hydroxyl groups is 1. The van der Waals surface area contributed by atoms with Gasteiger partial charge < -0.3 is 9.67 Å². The summed E-state index contributed by atoms with van der Waals surface area (Å²) in [4.78, 5) is 0. The Kier molecular flexibility index (Phi) is 1.77. The summed E-state index contributed by atoms with van der Waals surface area (Å²) in [5, 5.41) is 10.2. The largest absolute Gasteiger partial charge is 0.506 e. The third-order valence-corrected chi connectivity index (χ3v) is 2.70. The van der Waals surface area contributed by atoms with Gasteiger partial charge in [0.1, 0.15) is 11.6 Å². The molecular weight excluding hydrogens is 181 g/mol. The first-order chi connectivity index (χ1) is 6.52. The summed E-state index contributed by atoms with van der Waals surface area (Å²) >= 11 is 0. The van der Waals surface area contributed by atoms with Crippen LogP contribution in [0.4, 0.5) is 4.39 Å². The lowest BCUT2D eigenvalue weighted by atomic mass is 10.1. The second-order valence-electron chi connectivity index (χ2n) is 3.65. The Bertz CT molecular complexity index is 514. The summed E-state index contributed by atoms with van der Waals surface area (Å²) in [5.41, 5.74) is 2.25. The Labute approximate surface area is 81.6 Å². The molecule has 1 aromatic heterocycles. The van der Waals surface area contributed by atoms with Crippen LogP contribution in [-0.4, -0.2) is 9.67 Å². The molecule has 0 amide bonds. The van der Waals surface area contributed by atoms with E-state index in [1.54, 1.807) is 11.6 Å². The zero-order valence-corrected chi connectivity index (χ0v) is 8.43. The van der Waals surface area contributed by atoms with E-state index in [2.05, 4.69) is 0 Å². The number of nitrogens with zero attached hydrogens (tertiary/aromatic N) is 1. The maximum atomic E-state index is 13.6. The average molecular weight is 193 g/mol. The van der Waals surface area contributed by atoms with Crippen molar-refractivity contribution in [3.05, 3.63) is 29.2 Å². The molecule has 2 aromatic rings. The van der Waals surface area contributed by atoms with Crippen LogP contribution in [0.25, 0.3) is 10.9 Å². The number of hydrogen-bond acceptors (Lipinski definition) is 1. The highest BCUT2D eigenvalue weighted by Gasteiger charge is 2.14. The van der Waals surface area contributed by atoms with Crippen molar-refractivity contribution < 1.29 is 9.50 Å². The van der Waals surface area contributed by atoms with E-state index < -0.39 is 0 Å². The van der Waals surface area contributed by atoms with Crippen molar-refractivity contribution >= 4 is 10.9 Å². The van der Waals surface area contributed by atoms with E-state index in [0.29, 0.717) is 10.9 Å². The highest BCUT2D eigenvalue weighted by Crippen LogP contribution is 2.32. The van der Waals surface area contributed by atoms with E-state index in [0.717, 1.165) is 11.1 Å². The summed E-state index contributed by atoms with van der Waals surface area (Å²) in [6.07, 6.45) is 1.53. The predicted molar refractivity (Wildman–Crippen MR) is 54.0 cm³/mol. The number of hydrogen-bond donors (Lipinski definition) is 1. The van der Waals surface area contributed by atoms with Crippen LogP contribution in [0.5, 0.6) is 5.75 Å². The molecule has 0 atom stereocenters. The van der Waals surface area contributed by atoms with Crippen molar-refractivity contribution in [2.24, 2.45) is 7.05 Å². The van der Waals surface area contributed by atoms with Crippen LogP contribution in [0.2, 0.25) is 0 Å². The Morgan fingerprint density at radius 3 is 2.64 bits per heavy atom. The molecule has 1 heterocycles. The minimum absolute atomic E-state index is 0.141. The smallest absolute Gasteiger partial charge is 0.147 e. The Balaban J connectivity index is 3.05. The molecule has 0 aliphatic rings. The second-order valence-corrected chi connectivity index (χ2v) is 3.65. The van der Waals surface area contributed by atoms with Gasteiger partial charge >= 0.3 is 0 Å². The molecule has 0 bridgehead atoms. The monoisotopic (exact) mass is 193 g/mol. The number of fused-ring (bicyclic) bond motifs is 1. The normalized spacial score (nSPS) is 11.1. The van der Waals surface area contributed by atoms with Gasteiger partial charge in [-0.25, -0.2) is 4.39 Å². The number of aryl methyl sites for hydroxylation is 3. The third-order valence-electron chi connectivity index (χ3n) is 2.70. The maximum absolute atomic E-state index is 13.6. The van der Waals surface area contributed by atoms with Crippen LogP contribution < -0.4 is 0 Å². The van der Waals surface area contributed by atoms with Gasteiger partial charge in [0.2, 0.25) is 0 Å². The Morgan fingerprint density at radius 2 is 2.00 bits per heavy atom. The molecule has 0 radical (unpaired) electrons. The fourth-order valence-electron chi connectivity index (χ4n) is 1.83. The first-order valence-electron chi connectivity index (χ1n) is 4.46. The van der Waals surface area contributed by atoms with Crippen molar-refractivity contribution in [1.29, 1.82) is 0 Å². The minimum atomic E-state index is -0.286. The molecular formula is C11H12FNO. The van der Waals surface area contributed by atoms with E-state index in [1.165, 1.54) is 12.3 Å². The zero-order valence-electron chi connectivity index (χ0n) is 8.43. The Hall–Kier alpha value is -1.51. The number of rotatable bonds is 0. The molecule has 0 aliphatic heterocycles. The molecule has 2 rings (SSSR count). The number of benzene rings is 1. The summed E-state index contributed by atoms with van der Waals surface area (Å²) in [7, 11) is 1.72. The van der Waals surface area contributed by atoms with Gasteiger partial charge in [-0.1, -0.05) is 0 Å². The number of aromatic nitrogens is 1. The Morgan fingerprint density at radius 1 is 1.36 bits per heavy atom. The lowest BCUT2D eigenvalue weighted by molar-refractivity contribution is 0.479. The topological polar surface area (TPSA) is 25.2 Å². The molecule has 0 saturated heterocycles. The van der Waals surface area contributed by atoms with Gasteiger partial charge in [0.25, 0.3) is 0 Å². The molecule has 3 heteroatoms. The molecule has 1 aromatic carbocycles. The van der Waals surface area contributed by atoms with E-state index in [1.807, 2.05) is 13.8 Å². The summed E-state index contributed by atoms with van der Waals surface area (Å²) in [6, 6.07) is 1.50.